The summed E-state index contributed by atoms with van der Waals surface area (Å²) < 4.78 is 0. The van der Waals surface area contributed by atoms with E-state index < -0.39 is 0 Å². The maximum atomic E-state index is 12.6. The zero-order valence-electron chi connectivity index (χ0n) is 21.2. The summed E-state index contributed by atoms with van der Waals surface area (Å²) >= 11 is 12.3. The molecule has 0 saturated carbocycles. The van der Waals surface area contributed by atoms with Gasteiger partial charge in [-0.3, -0.25) is 9.78 Å². The van der Waals surface area contributed by atoms with Gasteiger partial charge in [0.25, 0.3) is 0 Å². The molecule has 0 amide bonds. The number of fused-ring (bicyclic) bond motifs is 1. The van der Waals surface area contributed by atoms with Gasteiger partial charge in [-0.15, -0.1) is 37.2 Å². The first-order valence-electron chi connectivity index (χ1n) is 12.4. The second kappa shape index (κ2) is 14.2. The standard InChI is InChI=1S/C27H30Cl2N4O2.3ClH/c1-17(34)20-16-30-24-5-4-23(19-14-21(28)27(35)22(29)15-19)31-25(24)26(20)33-12-7-18(8-13-33)6-11-32-9-2-3-10-32;;;/h4-5,14-16,18,35H,2-3,6-13H2,1H3;3*1H. The number of phenolic OH excluding ortho intramolecular Hbond substituents is 1. The molecule has 0 spiro atoms. The smallest absolute Gasteiger partial charge is 0.163 e. The SMILES string of the molecule is CC(=O)c1cnc2ccc(-c3cc(Cl)c(O)c(Cl)c3)nc2c1N1CCC(CCN2CCCC2)CC1.Cl.Cl.Cl. The van der Waals surface area contributed by atoms with Crippen LogP contribution in [-0.2, 0) is 0 Å². The molecular weight excluding hydrogens is 590 g/mol. The van der Waals surface area contributed by atoms with E-state index in [0.717, 1.165) is 37.1 Å². The quantitative estimate of drug-likeness (QED) is 0.288. The molecule has 0 aliphatic carbocycles. The molecule has 2 aliphatic heterocycles. The first-order chi connectivity index (χ1) is 16.9. The highest BCUT2D eigenvalue weighted by Crippen LogP contribution is 2.38. The second-order valence-electron chi connectivity index (χ2n) is 9.70. The second-order valence-corrected chi connectivity index (χ2v) is 10.5. The molecule has 208 valence electrons. The molecule has 6 nitrogen and oxygen atoms in total. The largest absolute Gasteiger partial charge is 0.505 e. The molecule has 38 heavy (non-hydrogen) atoms. The van der Waals surface area contributed by atoms with E-state index in [9.17, 15) is 9.90 Å². The number of rotatable bonds is 6. The lowest BCUT2D eigenvalue weighted by Gasteiger charge is -2.35. The minimum Gasteiger partial charge on any atom is -0.505 e. The van der Waals surface area contributed by atoms with Crippen molar-refractivity contribution in [3.05, 3.63) is 46.1 Å². The molecule has 5 rings (SSSR count). The molecule has 0 radical (unpaired) electrons. The van der Waals surface area contributed by atoms with Crippen molar-refractivity contribution >= 4 is 82.9 Å². The van der Waals surface area contributed by atoms with Crippen LogP contribution in [-0.4, -0.2) is 58.5 Å². The number of anilines is 1. The lowest BCUT2D eigenvalue weighted by molar-refractivity contribution is 0.101. The van der Waals surface area contributed by atoms with Gasteiger partial charge in [-0.1, -0.05) is 23.2 Å². The number of aromatic nitrogens is 2. The molecule has 2 aliphatic rings. The molecule has 4 heterocycles. The number of likely N-dealkylation sites (tertiary alicyclic amines) is 1. The number of hydrogen-bond acceptors (Lipinski definition) is 6. The molecule has 0 atom stereocenters. The number of pyridine rings is 2. The number of Topliss-reactive ketones (excluding diaryl/α,β-unsaturated/α-hetero) is 1. The van der Waals surface area contributed by atoms with Crippen molar-refractivity contribution < 1.29 is 9.90 Å². The number of aromatic hydroxyl groups is 1. The summed E-state index contributed by atoms with van der Waals surface area (Å²) in [6.45, 7) is 7.06. The van der Waals surface area contributed by atoms with Crippen LogP contribution in [0.2, 0.25) is 10.0 Å². The van der Waals surface area contributed by atoms with Crippen LogP contribution in [0.15, 0.2) is 30.5 Å². The minimum atomic E-state index is -0.147. The van der Waals surface area contributed by atoms with Crippen LogP contribution in [0.25, 0.3) is 22.3 Å². The number of piperidine rings is 1. The molecule has 1 N–H and O–H groups in total. The predicted molar refractivity (Wildman–Crippen MR) is 164 cm³/mol. The average Bonchev–Trinajstić information content (AvgIpc) is 3.39. The van der Waals surface area contributed by atoms with E-state index in [2.05, 4.69) is 14.8 Å². The first kappa shape index (κ1) is 32.7. The summed E-state index contributed by atoms with van der Waals surface area (Å²) in [5.41, 5.74) is 4.25. The number of hydrogen-bond donors (Lipinski definition) is 1. The number of benzene rings is 1. The maximum absolute atomic E-state index is 12.6. The van der Waals surface area contributed by atoms with Crippen LogP contribution in [0.4, 0.5) is 5.69 Å². The Labute approximate surface area is 252 Å². The van der Waals surface area contributed by atoms with Gasteiger partial charge in [0.15, 0.2) is 11.5 Å². The summed E-state index contributed by atoms with van der Waals surface area (Å²) in [5, 5.41) is 10.3. The Hall–Kier alpha value is -1.54. The van der Waals surface area contributed by atoms with Crippen LogP contribution in [0.5, 0.6) is 5.75 Å². The van der Waals surface area contributed by atoms with Gasteiger partial charge in [-0.25, -0.2) is 4.98 Å². The molecule has 11 heteroatoms. The summed E-state index contributed by atoms with van der Waals surface area (Å²) in [4.78, 5) is 26.9. The van der Waals surface area contributed by atoms with Crippen LogP contribution >= 0.6 is 60.4 Å². The molecule has 0 unspecified atom stereocenters. The van der Waals surface area contributed by atoms with Crippen molar-refractivity contribution in [1.82, 2.24) is 14.9 Å². The van der Waals surface area contributed by atoms with Gasteiger partial charge < -0.3 is 14.9 Å². The van der Waals surface area contributed by atoms with Crippen LogP contribution in [0.1, 0.15) is 49.4 Å². The third kappa shape index (κ3) is 6.96. The highest BCUT2D eigenvalue weighted by Gasteiger charge is 2.26. The number of ketones is 1. The van der Waals surface area contributed by atoms with Crippen molar-refractivity contribution in [2.45, 2.75) is 39.0 Å². The van der Waals surface area contributed by atoms with E-state index in [4.69, 9.17) is 28.2 Å². The van der Waals surface area contributed by atoms with Gasteiger partial charge in [0, 0.05) is 24.8 Å². The van der Waals surface area contributed by atoms with Gasteiger partial charge in [0.1, 0.15) is 5.52 Å². The van der Waals surface area contributed by atoms with E-state index in [1.54, 1.807) is 25.3 Å². The number of phenols is 1. The Balaban J connectivity index is 0.00000169. The van der Waals surface area contributed by atoms with Crippen molar-refractivity contribution in [1.29, 1.82) is 0 Å². The molecule has 1 aromatic carbocycles. The third-order valence-electron chi connectivity index (χ3n) is 7.36. The highest BCUT2D eigenvalue weighted by atomic mass is 35.5. The lowest BCUT2D eigenvalue weighted by Crippen LogP contribution is -2.36. The van der Waals surface area contributed by atoms with Crippen LogP contribution in [0, 0.1) is 5.92 Å². The summed E-state index contributed by atoms with van der Waals surface area (Å²) in [6, 6.07) is 7.05. The van der Waals surface area contributed by atoms with E-state index in [1.807, 2.05) is 12.1 Å². The fraction of sp³-hybridized carbons (Fsp3) is 0.444. The first-order valence-corrected chi connectivity index (χ1v) is 13.1. The van der Waals surface area contributed by atoms with Crippen molar-refractivity contribution in [2.75, 3.05) is 37.6 Å². The number of halogens is 5. The number of nitrogens with zero attached hydrogens (tertiary/aromatic N) is 4. The fourth-order valence-corrected chi connectivity index (χ4v) is 5.81. The van der Waals surface area contributed by atoms with E-state index in [1.165, 1.54) is 38.9 Å². The number of carbonyl (C=O) groups is 1. The summed E-state index contributed by atoms with van der Waals surface area (Å²) in [7, 11) is 0. The van der Waals surface area contributed by atoms with E-state index in [0.29, 0.717) is 28.3 Å². The van der Waals surface area contributed by atoms with E-state index in [-0.39, 0.29) is 58.8 Å². The maximum Gasteiger partial charge on any atom is 0.163 e. The summed E-state index contributed by atoms with van der Waals surface area (Å²) in [6.07, 6.45) is 7.80. The topological polar surface area (TPSA) is 69.6 Å². The van der Waals surface area contributed by atoms with Crippen LogP contribution < -0.4 is 4.90 Å². The molecule has 2 aromatic heterocycles. The Kier molecular flexibility index (Phi) is 12.2. The Morgan fingerprint density at radius 3 is 2.26 bits per heavy atom. The summed E-state index contributed by atoms with van der Waals surface area (Å²) in [5.74, 6) is 0.547. The zero-order valence-corrected chi connectivity index (χ0v) is 25.1. The molecule has 3 aromatic rings. The van der Waals surface area contributed by atoms with Gasteiger partial charge in [-0.2, -0.15) is 0 Å². The minimum absolute atomic E-state index is 0. The molecule has 2 fully saturated rings. The van der Waals surface area contributed by atoms with Gasteiger partial charge in [0.05, 0.1) is 32.5 Å². The van der Waals surface area contributed by atoms with Crippen molar-refractivity contribution in [3.63, 3.8) is 0 Å². The van der Waals surface area contributed by atoms with Gasteiger partial charge >= 0.3 is 0 Å². The van der Waals surface area contributed by atoms with Crippen molar-refractivity contribution in [2.24, 2.45) is 5.92 Å². The monoisotopic (exact) mass is 620 g/mol. The Morgan fingerprint density at radius 2 is 1.66 bits per heavy atom. The number of carbonyl (C=O) groups excluding carboxylic acids is 1. The van der Waals surface area contributed by atoms with E-state index >= 15 is 0 Å². The van der Waals surface area contributed by atoms with Gasteiger partial charge in [0.2, 0.25) is 0 Å². The van der Waals surface area contributed by atoms with Crippen LogP contribution in [0.3, 0.4) is 0 Å². The molecule has 0 bridgehead atoms. The Morgan fingerprint density at radius 1 is 1.03 bits per heavy atom. The molecule has 2 saturated heterocycles. The zero-order chi connectivity index (χ0) is 24.5. The normalized spacial score (nSPS) is 16.0. The van der Waals surface area contributed by atoms with Crippen molar-refractivity contribution in [3.8, 4) is 17.0 Å². The highest BCUT2D eigenvalue weighted by molar-refractivity contribution is 6.37. The average molecular weight is 623 g/mol. The fourth-order valence-electron chi connectivity index (χ4n) is 5.32. The predicted octanol–water partition coefficient (Wildman–Crippen LogP) is 7.48. The van der Waals surface area contributed by atoms with Gasteiger partial charge in [-0.05, 0) is 88.8 Å². The lowest BCUT2D eigenvalue weighted by atomic mass is 9.92. The third-order valence-corrected chi connectivity index (χ3v) is 7.94. The molecular formula is C27H33Cl5N4O2. The Bertz CT molecular complexity index is 1240.